The molecule has 3 aromatic rings. The maximum Gasteiger partial charge on any atom is 0.431 e. The summed E-state index contributed by atoms with van der Waals surface area (Å²) in [7, 11) is 0.883. The van der Waals surface area contributed by atoms with Crippen molar-refractivity contribution in [2.75, 3.05) is 0 Å². The van der Waals surface area contributed by atoms with Crippen molar-refractivity contribution in [3.05, 3.63) is 67.2 Å². The Morgan fingerprint density at radius 2 is 1.88 bits per heavy atom. The number of halogens is 3. The van der Waals surface area contributed by atoms with E-state index in [9.17, 15) is 32.9 Å². The smallest absolute Gasteiger partial charge is 0.431 e. The van der Waals surface area contributed by atoms with Gasteiger partial charge in [0.15, 0.2) is 0 Å². The van der Waals surface area contributed by atoms with Gasteiger partial charge < -0.3 is 4.42 Å². The molecule has 8 nitrogen and oxygen atoms in total. The summed E-state index contributed by atoms with van der Waals surface area (Å²) < 4.78 is 44.5. The maximum absolute atomic E-state index is 12.9. The van der Waals surface area contributed by atoms with Gasteiger partial charge in [-0.2, -0.15) is 13.2 Å². The number of benzene rings is 1. The van der Waals surface area contributed by atoms with Gasteiger partial charge in [0, 0.05) is 24.6 Å². The van der Waals surface area contributed by atoms with E-state index >= 15 is 0 Å². The van der Waals surface area contributed by atoms with Crippen LogP contribution in [0.5, 0.6) is 0 Å². The normalized spacial score (nSPS) is 11.8. The van der Waals surface area contributed by atoms with Crippen molar-refractivity contribution < 1.29 is 22.5 Å². The number of hydrogen-bond acceptors (Lipinski definition) is 5. The highest BCUT2D eigenvalue weighted by molar-refractivity contribution is 5.87. The van der Waals surface area contributed by atoms with Gasteiger partial charge in [-0.3, -0.25) is 19.5 Å². The van der Waals surface area contributed by atoms with E-state index in [4.69, 9.17) is 4.42 Å². The molecule has 11 heteroatoms. The highest BCUT2D eigenvalue weighted by atomic mass is 19.4. The number of aromatic nitrogens is 2. The summed E-state index contributed by atoms with van der Waals surface area (Å²) in [6, 6.07) is 3.75. The monoisotopic (exact) mass is 355 g/mol. The Labute approximate surface area is 135 Å². The minimum atomic E-state index is -4.87. The van der Waals surface area contributed by atoms with Crippen LogP contribution in [0.25, 0.3) is 16.7 Å². The van der Waals surface area contributed by atoms with Crippen LogP contribution in [0.4, 0.5) is 18.9 Å². The average molecular weight is 355 g/mol. The number of nitrogens with zero attached hydrogens (tertiary/aromatic N) is 3. The Balaban J connectivity index is 2.30. The summed E-state index contributed by atoms with van der Waals surface area (Å²) in [5.41, 5.74) is -4.18. The molecule has 0 radical (unpaired) electrons. The Morgan fingerprint density at radius 3 is 2.48 bits per heavy atom. The summed E-state index contributed by atoms with van der Waals surface area (Å²) in [4.78, 5) is 34.4. The first-order chi connectivity index (χ1) is 11.6. The van der Waals surface area contributed by atoms with Gasteiger partial charge in [-0.25, -0.2) is 9.36 Å². The van der Waals surface area contributed by atoms with Gasteiger partial charge >= 0.3 is 11.9 Å². The molecule has 0 amide bonds. The van der Waals surface area contributed by atoms with Crippen LogP contribution in [0.15, 0.2) is 44.5 Å². The van der Waals surface area contributed by atoms with Crippen molar-refractivity contribution >= 4 is 16.7 Å². The van der Waals surface area contributed by atoms with Crippen molar-refractivity contribution in [3.8, 4) is 5.69 Å². The van der Waals surface area contributed by atoms with Gasteiger partial charge in [-0.15, -0.1) is 0 Å². The second-order valence-corrected chi connectivity index (χ2v) is 5.10. The molecule has 3 rings (SSSR count). The lowest BCUT2D eigenvalue weighted by molar-refractivity contribution is -0.384. The van der Waals surface area contributed by atoms with E-state index in [1.165, 1.54) is 6.07 Å². The van der Waals surface area contributed by atoms with Crippen molar-refractivity contribution in [1.29, 1.82) is 0 Å². The minimum absolute atomic E-state index is 0.0121. The highest BCUT2D eigenvalue weighted by Crippen LogP contribution is 2.29. The van der Waals surface area contributed by atoms with E-state index in [0.717, 1.165) is 25.4 Å². The van der Waals surface area contributed by atoms with Crippen LogP contribution >= 0.6 is 0 Å². The largest absolute Gasteiger partial charge is 0.462 e. The highest BCUT2D eigenvalue weighted by Gasteiger charge is 2.35. The van der Waals surface area contributed by atoms with Crippen LogP contribution < -0.4 is 11.2 Å². The molecule has 0 fully saturated rings. The third kappa shape index (κ3) is 2.58. The second-order valence-electron chi connectivity index (χ2n) is 5.10. The standard InChI is InChI=1S/C14H8F3N3O5/c1-18-11(14(15,16)17)5-12(21)19(13(18)22)9-6-25-10-4-7(20(23)24)2-3-8(9)10/h2-6H,1H3. The molecule has 2 heterocycles. The Hall–Kier alpha value is -3.37. The molecule has 0 aliphatic carbocycles. The summed E-state index contributed by atoms with van der Waals surface area (Å²) >= 11 is 0. The summed E-state index contributed by atoms with van der Waals surface area (Å²) in [6.45, 7) is 0. The molecule has 0 N–H and O–H groups in total. The van der Waals surface area contributed by atoms with E-state index < -0.39 is 28.0 Å². The zero-order valence-electron chi connectivity index (χ0n) is 12.4. The van der Waals surface area contributed by atoms with Crippen LogP contribution in [-0.4, -0.2) is 14.1 Å². The Kier molecular flexibility index (Phi) is 3.51. The lowest BCUT2D eigenvalue weighted by Gasteiger charge is -2.13. The molecule has 0 saturated carbocycles. The molecule has 0 aliphatic rings. The van der Waals surface area contributed by atoms with E-state index in [-0.39, 0.29) is 22.3 Å². The van der Waals surface area contributed by atoms with Gasteiger partial charge in [-0.1, -0.05) is 0 Å². The molecule has 0 unspecified atom stereocenters. The van der Waals surface area contributed by atoms with Crippen LogP contribution in [-0.2, 0) is 13.2 Å². The molecular formula is C14H8F3N3O5. The van der Waals surface area contributed by atoms with Crippen LogP contribution in [0.1, 0.15) is 5.69 Å². The number of furan rings is 1. The molecule has 1 aromatic carbocycles. The zero-order chi connectivity index (χ0) is 18.5. The van der Waals surface area contributed by atoms with Gasteiger partial charge in [0.2, 0.25) is 0 Å². The summed E-state index contributed by atoms with van der Waals surface area (Å²) in [5, 5.41) is 10.9. The lowest BCUT2D eigenvalue weighted by atomic mass is 10.2. The van der Waals surface area contributed by atoms with Crippen LogP contribution in [0.3, 0.4) is 0 Å². The third-order valence-electron chi connectivity index (χ3n) is 3.60. The third-order valence-corrected chi connectivity index (χ3v) is 3.60. The predicted molar refractivity (Wildman–Crippen MR) is 78.7 cm³/mol. The first-order valence-electron chi connectivity index (χ1n) is 6.67. The maximum atomic E-state index is 12.9. The average Bonchev–Trinajstić information content (AvgIpc) is 2.93. The van der Waals surface area contributed by atoms with Crippen molar-refractivity contribution in [3.63, 3.8) is 0 Å². The Bertz CT molecular complexity index is 1120. The Morgan fingerprint density at radius 1 is 1.20 bits per heavy atom. The van der Waals surface area contributed by atoms with Gasteiger partial charge in [-0.05, 0) is 6.07 Å². The van der Waals surface area contributed by atoms with E-state index in [1.807, 2.05) is 0 Å². The van der Waals surface area contributed by atoms with Crippen LogP contribution in [0, 0.1) is 10.1 Å². The quantitative estimate of drug-likeness (QED) is 0.518. The topological polar surface area (TPSA) is 100 Å². The number of hydrogen-bond donors (Lipinski definition) is 0. The second kappa shape index (κ2) is 5.33. The van der Waals surface area contributed by atoms with E-state index in [1.54, 1.807) is 0 Å². The zero-order valence-corrected chi connectivity index (χ0v) is 12.4. The minimum Gasteiger partial charge on any atom is -0.462 e. The lowest BCUT2D eigenvalue weighted by Crippen LogP contribution is -2.40. The molecule has 0 atom stereocenters. The molecule has 0 aliphatic heterocycles. The molecular weight excluding hydrogens is 347 g/mol. The molecule has 130 valence electrons. The fourth-order valence-electron chi connectivity index (χ4n) is 2.41. The predicted octanol–water partition coefficient (Wildman–Crippen LogP) is 2.21. The summed E-state index contributed by atoms with van der Waals surface area (Å²) in [5.74, 6) is 0. The molecule has 0 spiro atoms. The first-order valence-corrected chi connectivity index (χ1v) is 6.67. The van der Waals surface area contributed by atoms with Crippen molar-refractivity contribution in [2.45, 2.75) is 6.18 Å². The van der Waals surface area contributed by atoms with Crippen molar-refractivity contribution in [1.82, 2.24) is 9.13 Å². The number of nitro groups is 1. The number of nitro benzene ring substituents is 1. The number of non-ortho nitro benzene ring substituents is 1. The van der Waals surface area contributed by atoms with Crippen LogP contribution in [0.2, 0.25) is 0 Å². The molecule has 25 heavy (non-hydrogen) atoms. The molecule has 0 bridgehead atoms. The van der Waals surface area contributed by atoms with Gasteiger partial charge in [0.1, 0.15) is 17.5 Å². The van der Waals surface area contributed by atoms with Gasteiger partial charge in [0.25, 0.3) is 11.2 Å². The molecule has 2 aromatic heterocycles. The number of rotatable bonds is 2. The fraction of sp³-hybridized carbons (Fsp3) is 0.143. The van der Waals surface area contributed by atoms with Crippen molar-refractivity contribution in [2.24, 2.45) is 7.05 Å². The SMILES string of the molecule is Cn1c(C(F)(F)F)cc(=O)n(-c2coc3cc([N+](=O)[O-])ccc23)c1=O. The van der Waals surface area contributed by atoms with E-state index in [2.05, 4.69) is 0 Å². The summed E-state index contributed by atoms with van der Waals surface area (Å²) in [6.07, 6.45) is -3.89. The number of alkyl halides is 3. The molecule has 0 saturated heterocycles. The fourth-order valence-corrected chi connectivity index (χ4v) is 2.41. The first kappa shape index (κ1) is 16.5. The van der Waals surface area contributed by atoms with Gasteiger partial charge in [0.05, 0.1) is 16.7 Å². The number of fused-ring (bicyclic) bond motifs is 1. The van der Waals surface area contributed by atoms with E-state index in [0.29, 0.717) is 15.2 Å².